The Morgan fingerprint density at radius 3 is 2.04 bits per heavy atom. The standard InChI is InChI=1S/C17H16O.C8H14O2/c1-14-5-4-8-16(13-14)7-3-2-6-15-9-11-17(18)12-10-15;1-6(2)7(9)10-8(3,4)5/h2-13,18H,1H3;1H2,2-5H3. The van der Waals surface area contributed by atoms with Crippen molar-refractivity contribution in [2.24, 2.45) is 0 Å². The Morgan fingerprint density at radius 2 is 1.57 bits per heavy atom. The number of rotatable bonds is 4. The molecule has 0 spiro atoms. The fourth-order valence-electron chi connectivity index (χ4n) is 2.06. The van der Waals surface area contributed by atoms with Crippen molar-refractivity contribution in [1.82, 2.24) is 0 Å². The van der Waals surface area contributed by atoms with Gasteiger partial charge in [-0.15, -0.1) is 0 Å². The monoisotopic (exact) mass is 378 g/mol. The van der Waals surface area contributed by atoms with Crippen LogP contribution in [-0.4, -0.2) is 16.7 Å². The van der Waals surface area contributed by atoms with Crippen molar-refractivity contribution in [3.63, 3.8) is 0 Å². The number of aryl methyl sites for hydroxylation is 1. The molecule has 0 aliphatic heterocycles. The number of benzene rings is 2. The maximum atomic E-state index is 10.8. The maximum Gasteiger partial charge on any atom is 0.333 e. The predicted molar refractivity (Wildman–Crippen MR) is 118 cm³/mol. The molecule has 3 nitrogen and oxygen atoms in total. The molecule has 0 aliphatic rings. The number of allylic oxidation sites excluding steroid dienone is 2. The summed E-state index contributed by atoms with van der Waals surface area (Å²) in [6.45, 7) is 12.7. The van der Waals surface area contributed by atoms with E-state index in [1.165, 1.54) is 11.1 Å². The first-order chi connectivity index (χ1) is 13.1. The molecule has 0 bridgehead atoms. The van der Waals surface area contributed by atoms with Gasteiger partial charge in [0.15, 0.2) is 0 Å². The van der Waals surface area contributed by atoms with Gasteiger partial charge >= 0.3 is 5.97 Å². The first-order valence-electron chi connectivity index (χ1n) is 9.16. The van der Waals surface area contributed by atoms with E-state index in [1.54, 1.807) is 19.1 Å². The van der Waals surface area contributed by atoms with E-state index in [9.17, 15) is 4.79 Å². The molecule has 148 valence electrons. The van der Waals surface area contributed by atoms with Crippen molar-refractivity contribution >= 4 is 18.1 Å². The van der Waals surface area contributed by atoms with E-state index in [0.717, 1.165) is 5.56 Å². The highest BCUT2D eigenvalue weighted by molar-refractivity contribution is 5.87. The molecule has 1 N–H and O–H groups in total. The van der Waals surface area contributed by atoms with Gasteiger partial charge in [0, 0.05) is 5.57 Å². The molecule has 0 aromatic heterocycles. The number of hydrogen-bond donors (Lipinski definition) is 1. The van der Waals surface area contributed by atoms with Crippen LogP contribution in [0.15, 0.2) is 72.8 Å². The Morgan fingerprint density at radius 1 is 1.00 bits per heavy atom. The normalized spacial score (nSPS) is 11.2. The fraction of sp³-hybridized carbons (Fsp3) is 0.240. The minimum Gasteiger partial charge on any atom is -0.508 e. The van der Waals surface area contributed by atoms with Crippen molar-refractivity contribution < 1.29 is 14.6 Å². The topological polar surface area (TPSA) is 46.5 Å². The second-order valence-electron chi connectivity index (χ2n) is 7.51. The Kier molecular flexibility index (Phi) is 8.97. The van der Waals surface area contributed by atoms with Crippen LogP contribution in [0.2, 0.25) is 0 Å². The molecular formula is C25H30O3. The third-order valence-corrected chi connectivity index (χ3v) is 3.37. The van der Waals surface area contributed by atoms with Gasteiger partial charge in [-0.2, -0.15) is 0 Å². The van der Waals surface area contributed by atoms with Crippen LogP contribution in [0.5, 0.6) is 5.75 Å². The van der Waals surface area contributed by atoms with E-state index in [1.807, 2.05) is 51.1 Å². The van der Waals surface area contributed by atoms with Crippen LogP contribution in [0.1, 0.15) is 44.4 Å². The third-order valence-electron chi connectivity index (χ3n) is 3.37. The van der Waals surface area contributed by atoms with Gasteiger partial charge in [0.25, 0.3) is 0 Å². The van der Waals surface area contributed by atoms with Crippen molar-refractivity contribution in [3.8, 4) is 5.75 Å². The molecule has 2 aromatic carbocycles. The van der Waals surface area contributed by atoms with Gasteiger partial charge in [-0.1, -0.05) is 72.8 Å². The Balaban J connectivity index is 0.000000336. The number of carbonyl (C=O) groups excluding carboxylic acids is 1. The van der Waals surface area contributed by atoms with Crippen molar-refractivity contribution in [2.45, 2.75) is 40.2 Å². The molecule has 0 aliphatic carbocycles. The SMILES string of the molecule is C=C(C)C(=O)OC(C)(C)C.Cc1cccc(C=CC=Cc2ccc(O)cc2)c1. The van der Waals surface area contributed by atoms with E-state index in [-0.39, 0.29) is 5.97 Å². The molecule has 0 unspecified atom stereocenters. The minimum absolute atomic E-state index is 0.294. The molecule has 2 rings (SSSR count). The highest BCUT2D eigenvalue weighted by Crippen LogP contribution is 2.11. The first kappa shape index (κ1) is 23.0. The van der Waals surface area contributed by atoms with E-state index in [0.29, 0.717) is 11.3 Å². The van der Waals surface area contributed by atoms with Crippen LogP contribution in [-0.2, 0) is 9.53 Å². The van der Waals surface area contributed by atoms with E-state index in [4.69, 9.17) is 9.84 Å². The van der Waals surface area contributed by atoms with Crippen LogP contribution in [0.25, 0.3) is 12.2 Å². The number of ether oxygens (including phenoxy) is 1. The van der Waals surface area contributed by atoms with Crippen molar-refractivity contribution in [2.75, 3.05) is 0 Å². The summed E-state index contributed by atoms with van der Waals surface area (Å²) in [5.41, 5.74) is 3.57. The van der Waals surface area contributed by atoms with E-state index in [2.05, 4.69) is 43.8 Å². The first-order valence-corrected chi connectivity index (χ1v) is 9.16. The van der Waals surface area contributed by atoms with Gasteiger partial charge in [-0.25, -0.2) is 4.79 Å². The van der Waals surface area contributed by atoms with Gasteiger partial charge in [-0.3, -0.25) is 0 Å². The summed E-state index contributed by atoms with van der Waals surface area (Å²) >= 11 is 0. The fourth-order valence-corrected chi connectivity index (χ4v) is 2.06. The molecule has 2 aromatic rings. The zero-order valence-corrected chi connectivity index (χ0v) is 17.4. The summed E-state index contributed by atoms with van der Waals surface area (Å²) in [5.74, 6) is -0.0325. The lowest BCUT2D eigenvalue weighted by atomic mass is 10.1. The van der Waals surface area contributed by atoms with Gasteiger partial charge in [0.1, 0.15) is 11.4 Å². The average Bonchev–Trinajstić information content (AvgIpc) is 2.59. The second-order valence-corrected chi connectivity index (χ2v) is 7.51. The van der Waals surface area contributed by atoms with Gasteiger partial charge in [0.05, 0.1) is 0 Å². The molecule has 0 saturated carbocycles. The summed E-state index contributed by atoms with van der Waals surface area (Å²) in [6, 6.07) is 15.5. The molecule has 3 heteroatoms. The summed E-state index contributed by atoms with van der Waals surface area (Å²) in [7, 11) is 0. The lowest BCUT2D eigenvalue weighted by molar-refractivity contribution is -0.149. The average molecular weight is 379 g/mol. The van der Waals surface area contributed by atoms with Crippen LogP contribution in [0.3, 0.4) is 0 Å². The van der Waals surface area contributed by atoms with Crippen LogP contribution in [0, 0.1) is 6.92 Å². The van der Waals surface area contributed by atoms with Crippen molar-refractivity contribution in [3.05, 3.63) is 89.5 Å². The highest BCUT2D eigenvalue weighted by Gasteiger charge is 2.15. The molecule has 0 heterocycles. The number of carbonyl (C=O) groups is 1. The Labute approximate surface area is 168 Å². The number of phenols is 1. The molecule has 0 amide bonds. The lowest BCUT2D eigenvalue weighted by Gasteiger charge is -2.19. The Bertz CT molecular complexity index is 835. The number of aromatic hydroxyl groups is 1. The number of hydrogen-bond acceptors (Lipinski definition) is 3. The zero-order valence-electron chi connectivity index (χ0n) is 17.4. The number of phenolic OH excluding ortho intramolecular Hbond substituents is 1. The summed E-state index contributed by atoms with van der Waals surface area (Å²) < 4.78 is 4.96. The molecule has 0 fully saturated rings. The van der Waals surface area contributed by atoms with Crippen LogP contribution >= 0.6 is 0 Å². The Hall–Kier alpha value is -3.07. The highest BCUT2D eigenvalue weighted by atomic mass is 16.6. The predicted octanol–water partition coefficient (Wildman–Crippen LogP) is 6.33. The van der Waals surface area contributed by atoms with Gasteiger partial charge in [0.2, 0.25) is 0 Å². The summed E-state index contributed by atoms with van der Waals surface area (Å²) in [6.07, 6.45) is 8.09. The minimum atomic E-state index is -0.407. The molecule has 0 atom stereocenters. The zero-order chi connectivity index (χ0) is 21.2. The van der Waals surface area contributed by atoms with E-state index >= 15 is 0 Å². The number of esters is 1. The third kappa shape index (κ3) is 10.2. The molecule has 0 saturated heterocycles. The van der Waals surface area contributed by atoms with Crippen LogP contribution in [0.4, 0.5) is 0 Å². The molecular weight excluding hydrogens is 348 g/mol. The summed E-state index contributed by atoms with van der Waals surface area (Å²) in [4.78, 5) is 10.8. The molecule has 0 radical (unpaired) electrons. The van der Waals surface area contributed by atoms with Crippen molar-refractivity contribution in [1.29, 1.82) is 0 Å². The van der Waals surface area contributed by atoms with E-state index < -0.39 is 5.60 Å². The van der Waals surface area contributed by atoms with Gasteiger partial charge in [-0.05, 0) is 57.9 Å². The second kappa shape index (κ2) is 10.9. The molecule has 28 heavy (non-hydrogen) atoms. The van der Waals surface area contributed by atoms with Gasteiger partial charge < -0.3 is 9.84 Å². The maximum absolute atomic E-state index is 10.8. The van der Waals surface area contributed by atoms with Crippen LogP contribution < -0.4 is 0 Å². The smallest absolute Gasteiger partial charge is 0.333 e. The largest absolute Gasteiger partial charge is 0.508 e. The summed E-state index contributed by atoms with van der Waals surface area (Å²) in [5, 5.41) is 9.16. The quantitative estimate of drug-likeness (QED) is 0.384. The lowest BCUT2D eigenvalue weighted by Crippen LogP contribution is -2.23.